The molecule has 1 saturated heterocycles. The van der Waals surface area contributed by atoms with Gasteiger partial charge in [0.05, 0.1) is 12.7 Å². The number of rotatable bonds is 2. The van der Waals surface area contributed by atoms with Crippen LogP contribution in [0.2, 0.25) is 0 Å². The van der Waals surface area contributed by atoms with Crippen LogP contribution in [0.4, 0.5) is 0 Å². The second-order valence-electron chi connectivity index (χ2n) is 6.20. The van der Waals surface area contributed by atoms with Gasteiger partial charge in [-0.15, -0.1) is 0 Å². The molecular formula is C14H26N2O. The molecule has 0 spiro atoms. The third-order valence-electron chi connectivity index (χ3n) is 4.92. The van der Waals surface area contributed by atoms with Crippen molar-refractivity contribution >= 4 is 0 Å². The van der Waals surface area contributed by atoms with Crippen LogP contribution < -0.4 is 5.73 Å². The Morgan fingerprint density at radius 2 is 2.00 bits per heavy atom. The first-order valence-electron chi connectivity index (χ1n) is 7.44. The maximum Gasteiger partial charge on any atom is 0.0730 e. The summed E-state index contributed by atoms with van der Waals surface area (Å²) in [4.78, 5) is 2.72. The molecule has 3 heteroatoms. The van der Waals surface area contributed by atoms with Crippen LogP contribution in [0.3, 0.4) is 0 Å². The van der Waals surface area contributed by atoms with Crippen LogP contribution in [-0.2, 0) is 4.74 Å². The van der Waals surface area contributed by atoms with E-state index < -0.39 is 0 Å². The van der Waals surface area contributed by atoms with Crippen LogP contribution in [0.25, 0.3) is 0 Å². The minimum Gasteiger partial charge on any atom is -0.375 e. The molecule has 1 aliphatic heterocycles. The van der Waals surface area contributed by atoms with E-state index in [0.29, 0.717) is 18.2 Å². The van der Waals surface area contributed by atoms with E-state index in [9.17, 15) is 0 Å². The Morgan fingerprint density at radius 1 is 1.12 bits per heavy atom. The van der Waals surface area contributed by atoms with Gasteiger partial charge >= 0.3 is 0 Å². The fraction of sp³-hybridized carbons (Fsp3) is 1.00. The first-order valence-corrected chi connectivity index (χ1v) is 7.44. The molecule has 0 radical (unpaired) electrons. The molecule has 3 rings (SSSR count). The quantitative estimate of drug-likeness (QED) is 0.796. The Morgan fingerprint density at radius 3 is 2.82 bits per heavy atom. The number of ether oxygens (including phenoxy) is 1. The van der Waals surface area contributed by atoms with Crippen molar-refractivity contribution in [2.24, 2.45) is 11.7 Å². The maximum atomic E-state index is 6.02. The van der Waals surface area contributed by atoms with Gasteiger partial charge in [0.1, 0.15) is 0 Å². The zero-order valence-electron chi connectivity index (χ0n) is 10.8. The Bertz CT molecular complexity index is 257. The molecule has 0 bridgehead atoms. The predicted octanol–water partition coefficient (Wildman–Crippen LogP) is 1.76. The lowest BCUT2D eigenvalue weighted by molar-refractivity contribution is -0.0917. The third kappa shape index (κ3) is 2.67. The van der Waals surface area contributed by atoms with E-state index in [1.165, 1.54) is 51.5 Å². The summed E-state index contributed by atoms with van der Waals surface area (Å²) in [7, 11) is 0. The summed E-state index contributed by atoms with van der Waals surface area (Å²) in [5, 5.41) is 0. The minimum atomic E-state index is 0.475. The SMILES string of the molecule is NC1CCC(CN2CCOC3CCCCC32)C1. The highest BCUT2D eigenvalue weighted by atomic mass is 16.5. The van der Waals surface area contributed by atoms with E-state index in [0.717, 1.165) is 19.1 Å². The lowest BCUT2D eigenvalue weighted by Gasteiger charge is -2.44. The van der Waals surface area contributed by atoms with E-state index >= 15 is 0 Å². The molecule has 1 heterocycles. The lowest BCUT2D eigenvalue weighted by Crippen LogP contribution is -2.53. The molecule has 98 valence electrons. The fourth-order valence-electron chi connectivity index (χ4n) is 4.01. The van der Waals surface area contributed by atoms with Gasteiger partial charge in [0.15, 0.2) is 0 Å². The standard InChI is InChI=1S/C14H26N2O/c15-12-6-5-11(9-12)10-16-7-8-17-14-4-2-1-3-13(14)16/h11-14H,1-10,15H2. The summed E-state index contributed by atoms with van der Waals surface area (Å²) < 4.78 is 5.93. The number of fused-ring (bicyclic) bond motifs is 1. The zero-order chi connectivity index (χ0) is 11.7. The first-order chi connectivity index (χ1) is 8.33. The van der Waals surface area contributed by atoms with Gasteiger partial charge in [0, 0.05) is 25.2 Å². The monoisotopic (exact) mass is 238 g/mol. The van der Waals surface area contributed by atoms with Crippen molar-refractivity contribution in [3.8, 4) is 0 Å². The average Bonchev–Trinajstić information content (AvgIpc) is 2.75. The number of morpholine rings is 1. The van der Waals surface area contributed by atoms with Crippen molar-refractivity contribution in [2.75, 3.05) is 19.7 Å². The molecule has 3 aliphatic rings. The second-order valence-corrected chi connectivity index (χ2v) is 6.20. The van der Waals surface area contributed by atoms with Crippen LogP contribution in [0.5, 0.6) is 0 Å². The molecule has 2 saturated carbocycles. The van der Waals surface area contributed by atoms with Gasteiger partial charge in [-0.25, -0.2) is 0 Å². The van der Waals surface area contributed by atoms with E-state index in [4.69, 9.17) is 10.5 Å². The van der Waals surface area contributed by atoms with Crippen molar-refractivity contribution in [1.82, 2.24) is 4.90 Å². The normalized spacial score (nSPS) is 43.6. The second kappa shape index (κ2) is 5.25. The highest BCUT2D eigenvalue weighted by Crippen LogP contribution is 2.31. The third-order valence-corrected chi connectivity index (χ3v) is 4.92. The summed E-state index contributed by atoms with van der Waals surface area (Å²) >= 11 is 0. The van der Waals surface area contributed by atoms with Gasteiger partial charge in [0.25, 0.3) is 0 Å². The Balaban J connectivity index is 1.57. The van der Waals surface area contributed by atoms with Crippen LogP contribution in [0.15, 0.2) is 0 Å². The molecule has 17 heavy (non-hydrogen) atoms. The zero-order valence-corrected chi connectivity index (χ0v) is 10.8. The van der Waals surface area contributed by atoms with Crippen LogP contribution in [0, 0.1) is 5.92 Å². The summed E-state index contributed by atoms with van der Waals surface area (Å²) in [5.74, 6) is 0.852. The Hall–Kier alpha value is -0.120. The number of nitrogens with zero attached hydrogens (tertiary/aromatic N) is 1. The van der Waals surface area contributed by atoms with Crippen LogP contribution in [-0.4, -0.2) is 42.8 Å². The van der Waals surface area contributed by atoms with Crippen LogP contribution >= 0.6 is 0 Å². The molecule has 0 aromatic rings. The van der Waals surface area contributed by atoms with Crippen LogP contribution in [0.1, 0.15) is 44.9 Å². The van der Waals surface area contributed by atoms with Crippen molar-refractivity contribution < 1.29 is 4.74 Å². The van der Waals surface area contributed by atoms with E-state index in [2.05, 4.69) is 4.90 Å². The van der Waals surface area contributed by atoms with E-state index in [1.807, 2.05) is 0 Å². The topological polar surface area (TPSA) is 38.5 Å². The number of nitrogens with two attached hydrogens (primary N) is 1. The van der Waals surface area contributed by atoms with Crippen molar-refractivity contribution in [2.45, 2.75) is 63.1 Å². The molecule has 0 aromatic carbocycles. The summed E-state index contributed by atoms with van der Waals surface area (Å²) in [5.41, 5.74) is 6.02. The first kappa shape index (κ1) is 11.9. The summed E-state index contributed by atoms with van der Waals surface area (Å²) in [6, 6.07) is 1.19. The number of hydrogen-bond acceptors (Lipinski definition) is 3. The molecule has 4 unspecified atom stereocenters. The van der Waals surface area contributed by atoms with Gasteiger partial charge < -0.3 is 10.5 Å². The largest absolute Gasteiger partial charge is 0.375 e. The molecule has 2 N–H and O–H groups in total. The maximum absolute atomic E-state index is 6.02. The Labute approximate surface area is 105 Å². The molecule has 2 aliphatic carbocycles. The van der Waals surface area contributed by atoms with Crippen molar-refractivity contribution in [3.05, 3.63) is 0 Å². The molecule has 3 fully saturated rings. The Kier molecular flexibility index (Phi) is 3.69. The van der Waals surface area contributed by atoms with Gasteiger partial charge in [-0.2, -0.15) is 0 Å². The smallest absolute Gasteiger partial charge is 0.0730 e. The van der Waals surface area contributed by atoms with Crippen molar-refractivity contribution in [3.63, 3.8) is 0 Å². The van der Waals surface area contributed by atoms with Gasteiger partial charge in [-0.1, -0.05) is 12.8 Å². The molecule has 3 nitrogen and oxygen atoms in total. The predicted molar refractivity (Wildman–Crippen MR) is 68.9 cm³/mol. The molecule has 0 aromatic heterocycles. The van der Waals surface area contributed by atoms with Gasteiger partial charge in [-0.3, -0.25) is 4.90 Å². The molecule has 0 amide bonds. The molecular weight excluding hydrogens is 212 g/mol. The summed E-state index contributed by atoms with van der Waals surface area (Å²) in [6.07, 6.45) is 9.75. The highest BCUT2D eigenvalue weighted by molar-refractivity contribution is 4.89. The van der Waals surface area contributed by atoms with E-state index in [1.54, 1.807) is 0 Å². The number of hydrogen-bond donors (Lipinski definition) is 1. The summed E-state index contributed by atoms with van der Waals surface area (Å²) in [6.45, 7) is 3.37. The minimum absolute atomic E-state index is 0.475. The lowest BCUT2D eigenvalue weighted by atomic mass is 9.89. The van der Waals surface area contributed by atoms with E-state index in [-0.39, 0.29) is 0 Å². The van der Waals surface area contributed by atoms with Gasteiger partial charge in [0.2, 0.25) is 0 Å². The highest BCUT2D eigenvalue weighted by Gasteiger charge is 2.35. The molecule has 4 atom stereocenters. The van der Waals surface area contributed by atoms with Gasteiger partial charge in [-0.05, 0) is 38.0 Å². The van der Waals surface area contributed by atoms with Crippen molar-refractivity contribution in [1.29, 1.82) is 0 Å². The fourth-order valence-corrected chi connectivity index (χ4v) is 4.01. The average molecular weight is 238 g/mol.